The van der Waals surface area contributed by atoms with E-state index >= 15 is 0 Å². The molecule has 8 heteroatoms. The number of rotatable bonds is 3. The van der Waals surface area contributed by atoms with Crippen molar-refractivity contribution in [3.8, 4) is 0 Å². The molecule has 2 N–H and O–H groups in total. The van der Waals surface area contributed by atoms with Crippen LogP contribution in [0, 0.1) is 5.82 Å². The first-order valence-electron chi connectivity index (χ1n) is 6.51. The van der Waals surface area contributed by atoms with Crippen molar-refractivity contribution in [1.82, 2.24) is 3.97 Å². The Balaban J connectivity index is 2.35. The van der Waals surface area contributed by atoms with Crippen LogP contribution < -0.4 is 5.73 Å². The third kappa shape index (κ3) is 2.44. The van der Waals surface area contributed by atoms with Crippen molar-refractivity contribution in [2.75, 3.05) is 5.73 Å². The van der Waals surface area contributed by atoms with E-state index in [9.17, 15) is 21.6 Å². The number of anilines is 1. The molecule has 0 fully saturated rings. The maximum atomic E-state index is 13.3. The number of fused-ring (bicyclic) bond motifs is 1. The van der Waals surface area contributed by atoms with Crippen LogP contribution in [0.15, 0.2) is 53.6 Å². The van der Waals surface area contributed by atoms with Gasteiger partial charge in [0.15, 0.2) is 0 Å². The van der Waals surface area contributed by atoms with E-state index in [1.165, 1.54) is 30.3 Å². The Morgan fingerprint density at radius 1 is 1.09 bits per heavy atom. The summed E-state index contributed by atoms with van der Waals surface area (Å²) in [6.07, 6.45) is -2.07. The van der Waals surface area contributed by atoms with Gasteiger partial charge < -0.3 is 5.73 Å². The van der Waals surface area contributed by atoms with E-state index in [0.29, 0.717) is 3.97 Å². The molecule has 0 unspecified atom stereocenters. The van der Waals surface area contributed by atoms with E-state index in [2.05, 4.69) is 0 Å². The van der Waals surface area contributed by atoms with Gasteiger partial charge in [0.2, 0.25) is 0 Å². The van der Waals surface area contributed by atoms with Crippen LogP contribution >= 0.6 is 0 Å². The van der Waals surface area contributed by atoms with Crippen LogP contribution in [0.25, 0.3) is 10.9 Å². The van der Waals surface area contributed by atoms with Crippen LogP contribution in [0.5, 0.6) is 0 Å². The predicted octanol–water partition coefficient (Wildman–Crippen LogP) is 3.54. The molecule has 0 spiro atoms. The van der Waals surface area contributed by atoms with Gasteiger partial charge in [0, 0.05) is 22.8 Å². The zero-order valence-electron chi connectivity index (χ0n) is 11.6. The van der Waals surface area contributed by atoms with Crippen molar-refractivity contribution < 1.29 is 21.6 Å². The second kappa shape index (κ2) is 5.31. The molecule has 2 aromatic carbocycles. The molecule has 23 heavy (non-hydrogen) atoms. The number of aromatic nitrogens is 1. The summed E-state index contributed by atoms with van der Waals surface area (Å²) >= 11 is 0. The molecule has 1 aromatic heterocycles. The first kappa shape index (κ1) is 15.4. The number of hydrogen-bond acceptors (Lipinski definition) is 3. The maximum Gasteiger partial charge on any atom is 0.268 e. The number of alkyl halides is 2. The molecule has 0 bridgehead atoms. The van der Waals surface area contributed by atoms with Crippen molar-refractivity contribution in [2.45, 2.75) is 11.3 Å². The topological polar surface area (TPSA) is 65.1 Å². The molecule has 120 valence electrons. The lowest BCUT2D eigenvalue weighted by molar-refractivity contribution is 0.153. The van der Waals surface area contributed by atoms with E-state index in [1.54, 1.807) is 0 Å². The van der Waals surface area contributed by atoms with Crippen LogP contribution in [0.4, 0.5) is 18.9 Å². The number of nitrogens with zero attached hydrogens (tertiary/aromatic N) is 1. The highest BCUT2D eigenvalue weighted by Gasteiger charge is 2.25. The molecule has 3 aromatic rings. The standard InChI is InChI=1S/C15H11F3N2O2S/c16-9-3-1-4-10(7-9)23(21,22)20-8-11(15(17)18)14-12(19)5-2-6-13(14)20/h1-8,15H,19H2. The monoisotopic (exact) mass is 340 g/mol. The quantitative estimate of drug-likeness (QED) is 0.742. The molecule has 3 rings (SSSR count). The molecule has 0 saturated heterocycles. The average molecular weight is 340 g/mol. The summed E-state index contributed by atoms with van der Waals surface area (Å²) in [5.41, 5.74) is 5.29. The molecule has 0 aliphatic rings. The largest absolute Gasteiger partial charge is 0.398 e. The molecular formula is C15H11F3N2O2S. The van der Waals surface area contributed by atoms with Gasteiger partial charge in [0.25, 0.3) is 16.4 Å². The molecule has 0 radical (unpaired) electrons. The smallest absolute Gasteiger partial charge is 0.268 e. The summed E-state index contributed by atoms with van der Waals surface area (Å²) in [6, 6.07) is 8.59. The second-order valence-electron chi connectivity index (χ2n) is 4.88. The minimum absolute atomic E-state index is 0.0181. The molecule has 0 amide bonds. The van der Waals surface area contributed by atoms with Gasteiger partial charge in [0.1, 0.15) is 5.82 Å². The SMILES string of the molecule is Nc1cccc2c1c(C(F)F)cn2S(=O)(=O)c1cccc(F)c1. The van der Waals surface area contributed by atoms with E-state index in [1.807, 2.05) is 0 Å². The van der Waals surface area contributed by atoms with Gasteiger partial charge in [-0.3, -0.25) is 0 Å². The minimum Gasteiger partial charge on any atom is -0.398 e. The number of benzene rings is 2. The summed E-state index contributed by atoms with van der Waals surface area (Å²) in [6.45, 7) is 0. The lowest BCUT2D eigenvalue weighted by Crippen LogP contribution is -2.12. The van der Waals surface area contributed by atoms with Gasteiger partial charge in [-0.1, -0.05) is 12.1 Å². The Morgan fingerprint density at radius 3 is 2.43 bits per heavy atom. The third-order valence-electron chi connectivity index (χ3n) is 3.45. The fourth-order valence-electron chi connectivity index (χ4n) is 2.42. The Morgan fingerprint density at radius 2 is 1.78 bits per heavy atom. The summed E-state index contributed by atoms with van der Waals surface area (Å²) in [7, 11) is -4.23. The van der Waals surface area contributed by atoms with Crippen molar-refractivity contribution in [2.24, 2.45) is 0 Å². The van der Waals surface area contributed by atoms with Crippen molar-refractivity contribution >= 4 is 26.6 Å². The lowest BCUT2D eigenvalue weighted by Gasteiger charge is -2.08. The molecular weight excluding hydrogens is 329 g/mol. The minimum atomic E-state index is -4.23. The van der Waals surface area contributed by atoms with E-state index in [4.69, 9.17) is 5.73 Å². The Labute approximate surface area is 130 Å². The Kier molecular flexibility index (Phi) is 3.56. The second-order valence-corrected chi connectivity index (χ2v) is 6.70. The first-order valence-corrected chi connectivity index (χ1v) is 7.95. The Hall–Kier alpha value is -2.48. The lowest BCUT2D eigenvalue weighted by atomic mass is 10.1. The molecule has 0 saturated carbocycles. The normalized spacial score (nSPS) is 12.2. The Bertz CT molecular complexity index is 997. The van der Waals surface area contributed by atoms with Gasteiger partial charge in [0.05, 0.1) is 10.4 Å². The zero-order valence-corrected chi connectivity index (χ0v) is 12.4. The first-order chi connectivity index (χ1) is 10.8. The fraction of sp³-hybridized carbons (Fsp3) is 0.0667. The average Bonchev–Trinajstić information content (AvgIpc) is 2.89. The molecule has 0 aliphatic carbocycles. The van der Waals surface area contributed by atoms with Gasteiger partial charge in [-0.15, -0.1) is 0 Å². The van der Waals surface area contributed by atoms with Crippen LogP contribution in [-0.2, 0) is 10.0 Å². The predicted molar refractivity (Wildman–Crippen MR) is 80.3 cm³/mol. The molecule has 4 nitrogen and oxygen atoms in total. The van der Waals surface area contributed by atoms with Crippen molar-refractivity contribution in [3.63, 3.8) is 0 Å². The number of nitrogens with two attached hydrogens (primary N) is 1. The van der Waals surface area contributed by atoms with Crippen molar-refractivity contribution in [1.29, 1.82) is 0 Å². The molecule has 0 atom stereocenters. The van der Waals surface area contributed by atoms with E-state index in [0.717, 1.165) is 18.3 Å². The number of nitrogen functional groups attached to an aromatic ring is 1. The van der Waals surface area contributed by atoms with Gasteiger partial charge in [-0.05, 0) is 30.3 Å². The fourth-order valence-corrected chi connectivity index (χ4v) is 3.82. The van der Waals surface area contributed by atoms with E-state index in [-0.39, 0.29) is 21.5 Å². The zero-order chi connectivity index (χ0) is 16.8. The van der Waals surface area contributed by atoms with Crippen LogP contribution in [-0.4, -0.2) is 12.4 Å². The van der Waals surface area contributed by atoms with Crippen LogP contribution in [0.3, 0.4) is 0 Å². The summed E-state index contributed by atoms with van der Waals surface area (Å²) in [5.74, 6) is -0.740. The highest BCUT2D eigenvalue weighted by molar-refractivity contribution is 7.90. The maximum absolute atomic E-state index is 13.3. The van der Waals surface area contributed by atoms with Crippen molar-refractivity contribution in [3.05, 3.63) is 60.0 Å². The summed E-state index contributed by atoms with van der Waals surface area (Å²) in [5, 5.41) is -0.0255. The van der Waals surface area contributed by atoms with Crippen LogP contribution in [0.1, 0.15) is 12.0 Å². The van der Waals surface area contributed by atoms with Crippen LogP contribution in [0.2, 0.25) is 0 Å². The van der Waals surface area contributed by atoms with Gasteiger partial charge in [-0.2, -0.15) is 0 Å². The highest BCUT2D eigenvalue weighted by Crippen LogP contribution is 2.35. The summed E-state index contributed by atoms with van der Waals surface area (Å²) in [4.78, 5) is -0.336. The van der Waals surface area contributed by atoms with E-state index < -0.39 is 27.8 Å². The number of hydrogen-bond donors (Lipinski definition) is 1. The van der Waals surface area contributed by atoms with Gasteiger partial charge in [-0.25, -0.2) is 25.6 Å². The number of halogens is 3. The summed E-state index contributed by atoms with van der Waals surface area (Å²) < 4.78 is 65.8. The highest BCUT2D eigenvalue weighted by atomic mass is 32.2. The molecule has 1 heterocycles. The molecule has 0 aliphatic heterocycles. The van der Waals surface area contributed by atoms with Gasteiger partial charge >= 0.3 is 0 Å². The third-order valence-corrected chi connectivity index (χ3v) is 5.11.